The molecule has 0 radical (unpaired) electrons. The molecule has 0 saturated heterocycles. The molecule has 0 unspecified atom stereocenters. The van der Waals surface area contributed by atoms with Gasteiger partial charge in [-0.3, -0.25) is 19.4 Å². The van der Waals surface area contributed by atoms with Crippen LogP contribution < -0.4 is 10.2 Å². The number of hydrogen-bond acceptors (Lipinski definition) is 4. The van der Waals surface area contributed by atoms with Crippen LogP contribution >= 0.6 is 0 Å². The first-order valence-electron chi connectivity index (χ1n) is 8.36. The van der Waals surface area contributed by atoms with Crippen molar-refractivity contribution < 1.29 is 14.4 Å². The van der Waals surface area contributed by atoms with E-state index in [4.69, 9.17) is 0 Å². The van der Waals surface area contributed by atoms with Gasteiger partial charge in [0.1, 0.15) is 0 Å². The van der Waals surface area contributed by atoms with Gasteiger partial charge in [0.15, 0.2) is 0 Å². The molecule has 27 heavy (non-hydrogen) atoms. The Morgan fingerprint density at radius 3 is 2.19 bits per heavy atom. The summed E-state index contributed by atoms with van der Waals surface area (Å²) >= 11 is 0. The van der Waals surface area contributed by atoms with Crippen LogP contribution in [0, 0.1) is 6.92 Å². The van der Waals surface area contributed by atoms with Crippen LogP contribution in [-0.4, -0.2) is 22.7 Å². The van der Waals surface area contributed by atoms with Gasteiger partial charge in [-0.05, 0) is 48.9 Å². The second kappa shape index (κ2) is 6.49. The molecule has 0 aliphatic carbocycles. The molecule has 3 amide bonds. The Labute approximate surface area is 155 Å². The third kappa shape index (κ3) is 2.87. The second-order valence-electron chi connectivity index (χ2n) is 6.18. The fourth-order valence-corrected chi connectivity index (χ4v) is 3.01. The number of aromatic nitrogens is 1. The van der Waals surface area contributed by atoms with Crippen molar-refractivity contribution in [1.29, 1.82) is 0 Å². The molecule has 0 atom stereocenters. The zero-order chi connectivity index (χ0) is 19.0. The number of fused-ring (bicyclic) bond motifs is 1. The molecule has 2 aromatic carbocycles. The van der Waals surface area contributed by atoms with Gasteiger partial charge in [-0.1, -0.05) is 18.2 Å². The molecule has 1 aliphatic heterocycles. The summed E-state index contributed by atoms with van der Waals surface area (Å²) in [6.45, 7) is 1.84. The fraction of sp³-hybridized carbons (Fsp3) is 0.0476. The highest BCUT2D eigenvalue weighted by atomic mass is 16.2. The molecule has 1 aliphatic rings. The van der Waals surface area contributed by atoms with Gasteiger partial charge < -0.3 is 5.32 Å². The zero-order valence-electron chi connectivity index (χ0n) is 14.5. The summed E-state index contributed by atoms with van der Waals surface area (Å²) in [4.78, 5) is 42.8. The zero-order valence-corrected chi connectivity index (χ0v) is 14.5. The van der Waals surface area contributed by atoms with Gasteiger partial charge in [-0.25, -0.2) is 4.90 Å². The fourth-order valence-electron chi connectivity index (χ4n) is 3.01. The molecule has 132 valence electrons. The van der Waals surface area contributed by atoms with Crippen LogP contribution in [0.3, 0.4) is 0 Å². The summed E-state index contributed by atoms with van der Waals surface area (Å²) < 4.78 is 0. The van der Waals surface area contributed by atoms with E-state index in [9.17, 15) is 14.4 Å². The van der Waals surface area contributed by atoms with E-state index >= 15 is 0 Å². The van der Waals surface area contributed by atoms with Crippen molar-refractivity contribution in [2.24, 2.45) is 0 Å². The molecule has 4 rings (SSSR count). The van der Waals surface area contributed by atoms with E-state index in [1.165, 1.54) is 12.4 Å². The van der Waals surface area contributed by atoms with Crippen LogP contribution in [0.25, 0.3) is 0 Å². The van der Waals surface area contributed by atoms with E-state index in [-0.39, 0.29) is 17.7 Å². The van der Waals surface area contributed by atoms with E-state index in [0.29, 0.717) is 28.1 Å². The predicted molar refractivity (Wildman–Crippen MR) is 101 cm³/mol. The number of pyridine rings is 1. The van der Waals surface area contributed by atoms with Crippen molar-refractivity contribution in [3.05, 3.63) is 89.2 Å². The van der Waals surface area contributed by atoms with Gasteiger partial charge in [-0.2, -0.15) is 0 Å². The quantitative estimate of drug-likeness (QED) is 0.728. The molecular weight excluding hydrogens is 342 g/mol. The molecule has 0 spiro atoms. The van der Waals surface area contributed by atoms with Gasteiger partial charge in [0, 0.05) is 23.6 Å². The van der Waals surface area contributed by atoms with Crippen molar-refractivity contribution in [2.75, 3.05) is 10.2 Å². The molecule has 6 heteroatoms. The lowest BCUT2D eigenvalue weighted by Crippen LogP contribution is -2.29. The largest absolute Gasteiger partial charge is 0.322 e. The first-order chi connectivity index (χ1) is 13.1. The molecular formula is C21H15N3O3. The van der Waals surface area contributed by atoms with Crippen molar-refractivity contribution in [2.45, 2.75) is 6.92 Å². The van der Waals surface area contributed by atoms with Crippen molar-refractivity contribution in [1.82, 2.24) is 4.98 Å². The topological polar surface area (TPSA) is 79.4 Å². The number of anilines is 2. The maximum atomic E-state index is 12.7. The van der Waals surface area contributed by atoms with Crippen molar-refractivity contribution >= 4 is 29.1 Å². The van der Waals surface area contributed by atoms with E-state index in [2.05, 4.69) is 10.3 Å². The maximum absolute atomic E-state index is 12.7. The van der Waals surface area contributed by atoms with Crippen LogP contribution in [0.4, 0.5) is 11.4 Å². The first kappa shape index (κ1) is 16.7. The van der Waals surface area contributed by atoms with Crippen LogP contribution in [0.5, 0.6) is 0 Å². The summed E-state index contributed by atoms with van der Waals surface area (Å²) in [5.41, 5.74) is 2.99. The van der Waals surface area contributed by atoms with E-state index in [1.807, 2.05) is 6.92 Å². The Balaban J connectivity index is 1.67. The van der Waals surface area contributed by atoms with E-state index < -0.39 is 0 Å². The Kier molecular flexibility index (Phi) is 4.01. The minimum Gasteiger partial charge on any atom is -0.322 e. The lowest BCUT2D eigenvalue weighted by Gasteiger charge is -2.17. The SMILES string of the molecule is Cc1ccc(N2C(=O)c3ccccc3C2=O)cc1NC(=O)c1ccncc1. The highest BCUT2D eigenvalue weighted by Gasteiger charge is 2.36. The van der Waals surface area contributed by atoms with Gasteiger partial charge in [0.25, 0.3) is 17.7 Å². The monoisotopic (exact) mass is 357 g/mol. The molecule has 2 heterocycles. The van der Waals surface area contributed by atoms with Gasteiger partial charge in [0.2, 0.25) is 0 Å². The van der Waals surface area contributed by atoms with Crippen LogP contribution in [0.15, 0.2) is 67.0 Å². The summed E-state index contributed by atoms with van der Waals surface area (Å²) in [5, 5.41) is 2.83. The third-order valence-corrected chi connectivity index (χ3v) is 4.46. The number of amides is 3. The number of aryl methyl sites for hydroxylation is 1. The van der Waals surface area contributed by atoms with Crippen LogP contribution in [-0.2, 0) is 0 Å². The Hall–Kier alpha value is -3.80. The van der Waals surface area contributed by atoms with Gasteiger partial charge >= 0.3 is 0 Å². The molecule has 3 aromatic rings. The van der Waals surface area contributed by atoms with E-state index in [1.54, 1.807) is 54.6 Å². The number of imide groups is 1. The Morgan fingerprint density at radius 1 is 0.926 bits per heavy atom. The number of nitrogens with zero attached hydrogens (tertiary/aromatic N) is 2. The minimum absolute atomic E-state index is 0.292. The molecule has 1 N–H and O–H groups in total. The minimum atomic E-state index is -0.370. The number of benzene rings is 2. The number of rotatable bonds is 3. The number of carbonyl (C=O) groups excluding carboxylic acids is 3. The number of nitrogens with one attached hydrogen (secondary N) is 1. The average molecular weight is 357 g/mol. The Bertz CT molecular complexity index is 1040. The first-order valence-corrected chi connectivity index (χ1v) is 8.36. The summed E-state index contributed by atoms with van der Waals surface area (Å²) in [6.07, 6.45) is 3.08. The van der Waals surface area contributed by atoms with Gasteiger partial charge in [0.05, 0.1) is 16.8 Å². The highest BCUT2D eigenvalue weighted by Crippen LogP contribution is 2.31. The Morgan fingerprint density at radius 2 is 1.56 bits per heavy atom. The maximum Gasteiger partial charge on any atom is 0.266 e. The summed E-state index contributed by atoms with van der Waals surface area (Å²) in [7, 11) is 0. The normalized spacial score (nSPS) is 12.9. The number of carbonyl (C=O) groups is 3. The molecule has 6 nitrogen and oxygen atoms in total. The average Bonchev–Trinajstić information content (AvgIpc) is 2.95. The number of hydrogen-bond donors (Lipinski definition) is 1. The molecule has 1 aromatic heterocycles. The molecule has 0 bridgehead atoms. The third-order valence-electron chi connectivity index (χ3n) is 4.46. The summed E-state index contributed by atoms with van der Waals surface area (Å²) in [5.74, 6) is -1.03. The van der Waals surface area contributed by atoms with E-state index in [0.717, 1.165) is 10.5 Å². The molecule has 0 saturated carbocycles. The van der Waals surface area contributed by atoms with Crippen LogP contribution in [0.1, 0.15) is 36.6 Å². The molecule has 0 fully saturated rings. The lowest BCUT2D eigenvalue weighted by molar-refractivity contribution is 0.0925. The summed E-state index contributed by atoms with van der Waals surface area (Å²) in [6, 6.07) is 15.0. The van der Waals surface area contributed by atoms with Crippen molar-refractivity contribution in [3.8, 4) is 0 Å². The second-order valence-corrected chi connectivity index (χ2v) is 6.18. The lowest BCUT2D eigenvalue weighted by atomic mass is 10.1. The van der Waals surface area contributed by atoms with Gasteiger partial charge in [-0.15, -0.1) is 0 Å². The van der Waals surface area contributed by atoms with Crippen LogP contribution in [0.2, 0.25) is 0 Å². The highest BCUT2D eigenvalue weighted by molar-refractivity contribution is 6.34. The standard InChI is InChI=1S/C21H15N3O3/c1-13-6-7-15(12-18(13)23-19(25)14-8-10-22-11-9-14)24-20(26)16-4-2-3-5-17(16)21(24)27/h2-12H,1H3,(H,23,25). The smallest absolute Gasteiger partial charge is 0.266 e. The van der Waals surface area contributed by atoms with Crippen molar-refractivity contribution in [3.63, 3.8) is 0 Å². The predicted octanol–water partition coefficient (Wildman–Crippen LogP) is 3.44.